The number of hydrogen-bond donors (Lipinski definition) is 1. The molecule has 1 nitrogen and oxygen atoms in total. The van der Waals surface area contributed by atoms with E-state index in [0.717, 1.165) is 22.6 Å². The highest BCUT2D eigenvalue weighted by Gasteiger charge is 2.08. The Bertz CT molecular complexity index is 793. The minimum atomic E-state index is 0.529. The molecule has 0 aliphatic heterocycles. The lowest BCUT2D eigenvalue weighted by molar-refractivity contribution is 0.466. The molecule has 0 saturated carbocycles. The minimum Gasteiger partial charge on any atom is -0.507 e. The van der Waals surface area contributed by atoms with Crippen LogP contribution in [-0.2, 0) is 11.5 Å². The molecule has 282 valence electrons. The highest BCUT2D eigenvalue weighted by atomic mass is 32.2. The van der Waals surface area contributed by atoms with Crippen LogP contribution in [0.1, 0.15) is 236 Å². The van der Waals surface area contributed by atoms with Gasteiger partial charge in [0.05, 0.1) is 0 Å². The zero-order chi connectivity index (χ0) is 34.6. The topological polar surface area (TPSA) is 20.2 Å². The smallest absolute Gasteiger partial charge is 0.122 e. The molecule has 48 heavy (non-hydrogen) atoms. The summed E-state index contributed by atoms with van der Waals surface area (Å²) in [7, 11) is 0. The van der Waals surface area contributed by atoms with E-state index in [4.69, 9.17) is 0 Å². The predicted octanol–water partition coefficient (Wildman–Crippen LogP) is 16.7. The van der Waals surface area contributed by atoms with E-state index in [9.17, 15) is 5.11 Å². The molecule has 1 rings (SSSR count). The van der Waals surface area contributed by atoms with Crippen molar-refractivity contribution in [2.45, 2.75) is 238 Å². The van der Waals surface area contributed by atoms with Crippen LogP contribution in [0.15, 0.2) is 12.1 Å². The van der Waals surface area contributed by atoms with Crippen molar-refractivity contribution in [2.75, 3.05) is 11.5 Å². The van der Waals surface area contributed by atoms with Crippen LogP contribution in [0.4, 0.5) is 0 Å². The van der Waals surface area contributed by atoms with Gasteiger partial charge in [0.15, 0.2) is 0 Å². The first-order valence-electron chi connectivity index (χ1n) is 21.7. The third-order valence-corrected chi connectivity index (χ3v) is 12.5. The van der Waals surface area contributed by atoms with E-state index in [1.807, 2.05) is 11.8 Å². The number of rotatable bonds is 38. The fourth-order valence-electron chi connectivity index (χ4n) is 7.00. The predicted molar refractivity (Wildman–Crippen MR) is 224 cm³/mol. The van der Waals surface area contributed by atoms with Crippen LogP contribution in [0.2, 0.25) is 0 Å². The van der Waals surface area contributed by atoms with Crippen molar-refractivity contribution < 1.29 is 5.11 Å². The van der Waals surface area contributed by atoms with E-state index in [-0.39, 0.29) is 0 Å². The average Bonchev–Trinajstić information content (AvgIpc) is 3.09. The van der Waals surface area contributed by atoms with E-state index in [1.165, 1.54) is 223 Å². The standard InChI is InChI=1S/C45H84OS2/c1-4-6-8-10-12-14-16-18-20-22-24-26-28-30-32-34-36-47-40-43-38-42(3)45(46)44(39-43)41-48-37-35-33-31-29-27-25-23-21-19-17-15-13-11-9-7-5-2/h38-39,46H,4-37,40-41H2,1-3H3. The summed E-state index contributed by atoms with van der Waals surface area (Å²) in [6.07, 6.45) is 45.8. The van der Waals surface area contributed by atoms with Crippen molar-refractivity contribution >= 4 is 23.5 Å². The summed E-state index contributed by atoms with van der Waals surface area (Å²) in [6, 6.07) is 4.49. The average molecular weight is 705 g/mol. The summed E-state index contributed by atoms with van der Waals surface area (Å²) >= 11 is 4.09. The third kappa shape index (κ3) is 29.5. The Labute approximate surface area is 311 Å². The molecule has 0 atom stereocenters. The van der Waals surface area contributed by atoms with Crippen molar-refractivity contribution in [1.82, 2.24) is 0 Å². The largest absolute Gasteiger partial charge is 0.507 e. The number of benzene rings is 1. The third-order valence-electron chi connectivity index (χ3n) is 10.2. The normalized spacial score (nSPS) is 11.6. The van der Waals surface area contributed by atoms with Gasteiger partial charge in [-0.15, -0.1) is 0 Å². The Morgan fingerprint density at radius 3 is 1.02 bits per heavy atom. The van der Waals surface area contributed by atoms with E-state index >= 15 is 0 Å². The Morgan fingerprint density at radius 2 is 0.688 bits per heavy atom. The molecule has 3 heteroatoms. The number of unbranched alkanes of at least 4 members (excludes halogenated alkanes) is 30. The molecule has 0 fully saturated rings. The molecule has 0 aliphatic rings. The maximum atomic E-state index is 10.7. The molecule has 0 heterocycles. The zero-order valence-electron chi connectivity index (χ0n) is 32.9. The molecule has 1 aromatic rings. The summed E-state index contributed by atoms with van der Waals surface area (Å²) in [5, 5.41) is 10.7. The van der Waals surface area contributed by atoms with Gasteiger partial charge in [-0.3, -0.25) is 0 Å². The van der Waals surface area contributed by atoms with Gasteiger partial charge < -0.3 is 5.11 Å². The fourth-order valence-corrected chi connectivity index (χ4v) is 8.95. The van der Waals surface area contributed by atoms with Crippen molar-refractivity contribution in [3.63, 3.8) is 0 Å². The number of phenols is 1. The maximum absolute atomic E-state index is 10.7. The van der Waals surface area contributed by atoms with Crippen LogP contribution in [0, 0.1) is 6.92 Å². The highest BCUT2D eigenvalue weighted by molar-refractivity contribution is 7.98. The van der Waals surface area contributed by atoms with Gasteiger partial charge in [-0.25, -0.2) is 0 Å². The van der Waals surface area contributed by atoms with Gasteiger partial charge in [-0.05, 0) is 42.4 Å². The van der Waals surface area contributed by atoms with Gasteiger partial charge in [0, 0.05) is 17.1 Å². The Morgan fingerprint density at radius 1 is 0.396 bits per heavy atom. The zero-order valence-corrected chi connectivity index (χ0v) is 34.5. The van der Waals surface area contributed by atoms with Crippen molar-refractivity contribution in [1.29, 1.82) is 0 Å². The lowest BCUT2D eigenvalue weighted by Crippen LogP contribution is -1.92. The van der Waals surface area contributed by atoms with E-state index in [2.05, 4.69) is 44.7 Å². The first-order valence-corrected chi connectivity index (χ1v) is 24.0. The monoisotopic (exact) mass is 705 g/mol. The second kappa shape index (κ2) is 36.5. The Hall–Kier alpha value is -0.280. The Balaban J connectivity index is 1.94. The van der Waals surface area contributed by atoms with Crippen LogP contribution < -0.4 is 0 Å². The molecule has 0 unspecified atom stereocenters. The van der Waals surface area contributed by atoms with Crippen LogP contribution in [0.5, 0.6) is 5.75 Å². The summed E-state index contributed by atoms with van der Waals surface area (Å²) in [6.45, 7) is 6.68. The quantitative estimate of drug-likeness (QED) is 0.0692. The molecule has 0 bridgehead atoms. The van der Waals surface area contributed by atoms with Crippen LogP contribution >= 0.6 is 23.5 Å². The van der Waals surface area contributed by atoms with Crippen molar-refractivity contribution in [3.05, 3.63) is 28.8 Å². The van der Waals surface area contributed by atoms with Gasteiger partial charge >= 0.3 is 0 Å². The Kier molecular flexibility index (Phi) is 34.8. The second-order valence-corrected chi connectivity index (χ2v) is 17.3. The van der Waals surface area contributed by atoms with E-state index in [1.54, 1.807) is 0 Å². The number of aromatic hydroxyl groups is 1. The van der Waals surface area contributed by atoms with Crippen LogP contribution in [0.25, 0.3) is 0 Å². The van der Waals surface area contributed by atoms with Gasteiger partial charge in [0.1, 0.15) is 5.75 Å². The molecule has 0 radical (unpaired) electrons. The summed E-state index contributed by atoms with van der Waals surface area (Å²) in [4.78, 5) is 0. The molecule has 1 N–H and O–H groups in total. The number of phenolic OH excluding ortho intramolecular Hbond substituents is 1. The van der Waals surface area contributed by atoms with Crippen LogP contribution in [0.3, 0.4) is 0 Å². The van der Waals surface area contributed by atoms with E-state index < -0.39 is 0 Å². The summed E-state index contributed by atoms with van der Waals surface area (Å²) in [5.41, 5.74) is 3.59. The van der Waals surface area contributed by atoms with Gasteiger partial charge in [0.25, 0.3) is 0 Å². The molecule has 0 amide bonds. The number of thioether (sulfide) groups is 2. The molecule has 0 aromatic heterocycles. The fraction of sp³-hybridized carbons (Fsp3) is 0.867. The van der Waals surface area contributed by atoms with Crippen LogP contribution in [-0.4, -0.2) is 16.6 Å². The SMILES string of the molecule is CCCCCCCCCCCCCCCCCCSCc1cc(C)c(O)c(CSCCCCCCCCCCCCCCCCCC)c1. The number of hydrogen-bond acceptors (Lipinski definition) is 3. The van der Waals surface area contributed by atoms with E-state index in [0.29, 0.717) is 5.75 Å². The molecule has 0 aliphatic carbocycles. The number of aryl methyl sites for hydroxylation is 1. The highest BCUT2D eigenvalue weighted by Crippen LogP contribution is 2.30. The molecule has 0 spiro atoms. The first kappa shape index (κ1) is 45.7. The first-order chi connectivity index (χ1) is 23.7. The lowest BCUT2D eigenvalue weighted by Gasteiger charge is -2.11. The molecular weight excluding hydrogens is 621 g/mol. The summed E-state index contributed by atoms with van der Waals surface area (Å²) in [5.74, 6) is 5.04. The van der Waals surface area contributed by atoms with Gasteiger partial charge in [-0.1, -0.05) is 219 Å². The molecule has 0 saturated heterocycles. The van der Waals surface area contributed by atoms with Crippen molar-refractivity contribution in [3.8, 4) is 5.75 Å². The van der Waals surface area contributed by atoms with Gasteiger partial charge in [-0.2, -0.15) is 23.5 Å². The van der Waals surface area contributed by atoms with Crippen molar-refractivity contribution in [2.24, 2.45) is 0 Å². The second-order valence-electron chi connectivity index (χ2n) is 15.1. The maximum Gasteiger partial charge on any atom is 0.122 e. The molecular formula is C45H84OS2. The molecule has 1 aromatic carbocycles. The summed E-state index contributed by atoms with van der Waals surface area (Å²) < 4.78 is 0. The van der Waals surface area contributed by atoms with Gasteiger partial charge in [0.2, 0.25) is 0 Å². The lowest BCUT2D eigenvalue weighted by atomic mass is 10.0. The minimum absolute atomic E-state index is 0.529.